The summed E-state index contributed by atoms with van der Waals surface area (Å²) in [5, 5.41) is 6.90. The summed E-state index contributed by atoms with van der Waals surface area (Å²) in [5.74, 6) is 1.73. The van der Waals surface area contributed by atoms with Crippen molar-refractivity contribution in [3.63, 3.8) is 0 Å². The summed E-state index contributed by atoms with van der Waals surface area (Å²) in [5.41, 5.74) is 1.07. The van der Waals surface area contributed by atoms with Gasteiger partial charge in [0.15, 0.2) is 0 Å². The van der Waals surface area contributed by atoms with Crippen molar-refractivity contribution in [2.24, 2.45) is 0 Å². The number of hydrogen-bond donors (Lipinski definition) is 3. The Bertz CT molecular complexity index is 565. The minimum absolute atomic E-state index is 0.751. The molecule has 23 heavy (non-hydrogen) atoms. The van der Waals surface area contributed by atoms with E-state index in [9.17, 15) is 0 Å². The molecule has 1 aromatic heterocycles. The van der Waals surface area contributed by atoms with E-state index in [1.165, 1.54) is 25.7 Å². The SMILES string of the molecule is CCCC[N+](CCCC)=C(Nc1ccccc1)Nc1ncc[nH]1. The van der Waals surface area contributed by atoms with Gasteiger partial charge in [0.2, 0.25) is 0 Å². The van der Waals surface area contributed by atoms with Crippen LogP contribution in [0.5, 0.6) is 0 Å². The van der Waals surface area contributed by atoms with Gasteiger partial charge in [-0.2, -0.15) is 0 Å². The maximum absolute atomic E-state index is 4.29. The summed E-state index contributed by atoms with van der Waals surface area (Å²) >= 11 is 0. The van der Waals surface area contributed by atoms with E-state index >= 15 is 0 Å². The first-order valence-corrected chi connectivity index (χ1v) is 8.53. The lowest BCUT2D eigenvalue weighted by Gasteiger charge is -2.14. The largest absolute Gasteiger partial charge is 0.358 e. The lowest BCUT2D eigenvalue weighted by atomic mass is 10.3. The Morgan fingerprint density at radius 2 is 1.74 bits per heavy atom. The Labute approximate surface area is 138 Å². The number of aromatic nitrogens is 2. The van der Waals surface area contributed by atoms with Crippen molar-refractivity contribution in [3.8, 4) is 0 Å². The van der Waals surface area contributed by atoms with Gasteiger partial charge in [0.05, 0.1) is 18.8 Å². The van der Waals surface area contributed by atoms with Crippen LogP contribution in [0, 0.1) is 0 Å². The molecule has 3 N–H and O–H groups in total. The molecule has 124 valence electrons. The van der Waals surface area contributed by atoms with Crippen molar-refractivity contribution in [2.75, 3.05) is 23.7 Å². The molecule has 0 aliphatic rings. The number of para-hydroxylation sites is 1. The molecule has 0 unspecified atom stereocenters. The third-order valence-corrected chi connectivity index (χ3v) is 3.65. The molecule has 5 heteroatoms. The van der Waals surface area contributed by atoms with Gasteiger partial charge in [-0.15, -0.1) is 0 Å². The molecule has 0 atom stereocenters. The number of hydrogen-bond acceptors (Lipinski definition) is 1. The van der Waals surface area contributed by atoms with Crippen molar-refractivity contribution >= 4 is 17.6 Å². The van der Waals surface area contributed by atoms with Crippen molar-refractivity contribution in [2.45, 2.75) is 39.5 Å². The van der Waals surface area contributed by atoms with E-state index in [1.54, 1.807) is 6.20 Å². The van der Waals surface area contributed by atoms with E-state index in [0.717, 1.165) is 30.7 Å². The Morgan fingerprint density at radius 3 is 2.30 bits per heavy atom. The molecule has 5 nitrogen and oxygen atoms in total. The Hall–Kier alpha value is -2.30. The predicted octanol–water partition coefficient (Wildman–Crippen LogP) is 3.90. The van der Waals surface area contributed by atoms with Crippen LogP contribution in [0.2, 0.25) is 0 Å². The summed E-state index contributed by atoms with van der Waals surface area (Å²) in [6, 6.07) is 10.2. The molecular weight excluding hydrogens is 286 g/mol. The molecule has 0 saturated heterocycles. The van der Waals surface area contributed by atoms with Gasteiger partial charge >= 0.3 is 5.96 Å². The average Bonchev–Trinajstić information content (AvgIpc) is 3.08. The minimum atomic E-state index is 0.751. The standard InChI is InChI=1S/C18H27N5/c1-3-5-14-23(15-6-4-2)18(22-17-19-12-13-20-17)21-16-10-8-7-9-11-16/h7-13H,3-6,14-15H2,1-2H3,(H2,19,20,21,22)/p+1. The summed E-state index contributed by atoms with van der Waals surface area (Å²) < 4.78 is 2.38. The summed E-state index contributed by atoms with van der Waals surface area (Å²) in [6.07, 6.45) is 8.28. The highest BCUT2D eigenvalue weighted by Crippen LogP contribution is 2.07. The Balaban J connectivity index is 2.24. The van der Waals surface area contributed by atoms with E-state index in [-0.39, 0.29) is 0 Å². The number of unbranched alkanes of at least 4 members (excludes halogenated alkanes) is 2. The van der Waals surface area contributed by atoms with Gasteiger partial charge in [-0.25, -0.2) is 15.6 Å². The smallest absolute Gasteiger partial charge is 0.318 e. The van der Waals surface area contributed by atoms with Crippen LogP contribution < -0.4 is 10.6 Å². The maximum atomic E-state index is 4.29. The second-order valence-corrected chi connectivity index (χ2v) is 5.60. The van der Waals surface area contributed by atoms with Gasteiger partial charge in [0, 0.05) is 12.4 Å². The van der Waals surface area contributed by atoms with Gasteiger partial charge < -0.3 is 4.98 Å². The van der Waals surface area contributed by atoms with Gasteiger partial charge in [0.1, 0.15) is 0 Å². The quantitative estimate of drug-likeness (QED) is 0.393. The zero-order valence-corrected chi connectivity index (χ0v) is 14.2. The molecule has 0 fully saturated rings. The maximum Gasteiger partial charge on any atom is 0.358 e. The number of H-pyrrole nitrogens is 1. The van der Waals surface area contributed by atoms with Crippen LogP contribution in [-0.4, -0.2) is 33.6 Å². The normalized spacial score (nSPS) is 10.3. The third-order valence-electron chi connectivity index (χ3n) is 3.65. The third kappa shape index (κ3) is 5.77. The highest BCUT2D eigenvalue weighted by Gasteiger charge is 2.15. The molecule has 2 rings (SSSR count). The molecule has 0 radical (unpaired) electrons. The van der Waals surface area contributed by atoms with E-state index in [2.05, 4.69) is 51.2 Å². The second-order valence-electron chi connectivity index (χ2n) is 5.60. The first-order chi connectivity index (χ1) is 11.3. The van der Waals surface area contributed by atoms with Crippen LogP contribution in [0.25, 0.3) is 0 Å². The molecule has 0 saturated carbocycles. The lowest BCUT2D eigenvalue weighted by Crippen LogP contribution is -2.35. The minimum Gasteiger partial charge on any atom is -0.318 e. The van der Waals surface area contributed by atoms with E-state index in [1.807, 2.05) is 24.4 Å². The molecule has 2 aromatic rings. The molecule has 1 aromatic carbocycles. The van der Waals surface area contributed by atoms with Crippen LogP contribution in [0.1, 0.15) is 39.5 Å². The molecule has 0 amide bonds. The van der Waals surface area contributed by atoms with E-state index < -0.39 is 0 Å². The molecule has 0 aliphatic carbocycles. The van der Waals surface area contributed by atoms with Crippen LogP contribution in [-0.2, 0) is 0 Å². The second kappa shape index (κ2) is 9.66. The van der Waals surface area contributed by atoms with E-state index in [4.69, 9.17) is 0 Å². The van der Waals surface area contributed by atoms with Crippen molar-refractivity contribution in [1.82, 2.24) is 9.97 Å². The van der Waals surface area contributed by atoms with Crippen molar-refractivity contribution in [3.05, 3.63) is 42.7 Å². The highest BCUT2D eigenvalue weighted by molar-refractivity contribution is 5.99. The van der Waals surface area contributed by atoms with Crippen LogP contribution in [0.3, 0.4) is 0 Å². The molecular formula is C18H28N5+. The fourth-order valence-electron chi connectivity index (χ4n) is 2.33. The summed E-state index contributed by atoms with van der Waals surface area (Å²) in [4.78, 5) is 7.40. The average molecular weight is 314 g/mol. The number of aromatic amines is 1. The summed E-state index contributed by atoms with van der Waals surface area (Å²) in [6.45, 7) is 6.50. The topological polar surface area (TPSA) is 55.8 Å². The number of guanidine groups is 1. The van der Waals surface area contributed by atoms with Gasteiger partial charge in [-0.1, -0.05) is 44.9 Å². The lowest BCUT2D eigenvalue weighted by molar-refractivity contribution is -0.529. The fourth-order valence-corrected chi connectivity index (χ4v) is 2.33. The van der Waals surface area contributed by atoms with Gasteiger partial charge in [0.25, 0.3) is 5.95 Å². The van der Waals surface area contributed by atoms with Gasteiger partial charge in [-0.05, 0) is 25.0 Å². The summed E-state index contributed by atoms with van der Waals surface area (Å²) in [7, 11) is 0. The van der Waals surface area contributed by atoms with Crippen LogP contribution >= 0.6 is 0 Å². The number of nitrogens with one attached hydrogen (secondary N) is 3. The number of rotatable bonds is 8. The monoisotopic (exact) mass is 314 g/mol. The van der Waals surface area contributed by atoms with Gasteiger partial charge in [-0.3, -0.25) is 4.58 Å². The Morgan fingerprint density at radius 1 is 1.04 bits per heavy atom. The van der Waals surface area contributed by atoms with Crippen molar-refractivity contribution < 1.29 is 4.58 Å². The fraction of sp³-hybridized carbons (Fsp3) is 0.444. The molecule has 1 heterocycles. The number of anilines is 2. The first kappa shape index (κ1) is 17.1. The zero-order valence-electron chi connectivity index (χ0n) is 14.2. The van der Waals surface area contributed by atoms with Crippen LogP contribution in [0.15, 0.2) is 42.7 Å². The number of benzene rings is 1. The van der Waals surface area contributed by atoms with E-state index in [0.29, 0.717) is 0 Å². The first-order valence-electron chi connectivity index (χ1n) is 8.53. The molecule has 0 spiro atoms. The predicted molar refractivity (Wildman–Crippen MR) is 97.1 cm³/mol. The number of imidazole rings is 1. The van der Waals surface area contributed by atoms with Crippen molar-refractivity contribution in [1.29, 1.82) is 0 Å². The Kier molecular flexibility index (Phi) is 7.17. The zero-order chi connectivity index (χ0) is 16.3. The number of nitrogens with zero attached hydrogens (tertiary/aromatic N) is 2. The van der Waals surface area contributed by atoms with Crippen LogP contribution in [0.4, 0.5) is 11.6 Å². The highest BCUT2D eigenvalue weighted by atomic mass is 15.3. The molecule has 0 bridgehead atoms. The molecule has 0 aliphatic heterocycles.